The third-order valence-electron chi connectivity index (χ3n) is 2.92. The summed E-state index contributed by atoms with van der Waals surface area (Å²) in [6.07, 6.45) is 4.06. The molecule has 1 aromatic rings. The molecule has 1 aromatic carbocycles. The number of nitriles is 1. The summed E-state index contributed by atoms with van der Waals surface area (Å²) < 4.78 is 0. The van der Waals surface area contributed by atoms with E-state index in [1.165, 1.54) is 0 Å². The molecule has 1 aliphatic carbocycles. The Morgan fingerprint density at radius 3 is 2.53 bits per heavy atom. The van der Waals surface area contributed by atoms with Crippen LogP contribution in [-0.4, -0.2) is 5.54 Å². The van der Waals surface area contributed by atoms with E-state index in [0.717, 1.165) is 31.4 Å². The highest BCUT2D eigenvalue weighted by Gasteiger charge is 2.33. The highest BCUT2D eigenvalue weighted by Crippen LogP contribution is 2.34. The highest BCUT2D eigenvalue weighted by molar-refractivity contribution is 6.33. The monoisotopic (exact) mass is 220 g/mol. The van der Waals surface area contributed by atoms with Crippen molar-refractivity contribution in [2.45, 2.75) is 31.2 Å². The van der Waals surface area contributed by atoms with Gasteiger partial charge in [-0.2, -0.15) is 5.26 Å². The molecule has 0 spiro atoms. The fourth-order valence-corrected chi connectivity index (χ4v) is 2.25. The summed E-state index contributed by atoms with van der Waals surface area (Å²) in [4.78, 5) is 0. The van der Waals surface area contributed by atoms with Crippen molar-refractivity contribution in [3.63, 3.8) is 0 Å². The Labute approximate surface area is 94.9 Å². The molecular weight excluding hydrogens is 208 g/mol. The summed E-state index contributed by atoms with van der Waals surface area (Å²) in [6, 6.07) is 9.95. The van der Waals surface area contributed by atoms with Crippen LogP contribution in [0.5, 0.6) is 0 Å². The number of nitrogens with zero attached hydrogens (tertiary/aromatic N) is 1. The van der Waals surface area contributed by atoms with Crippen LogP contribution in [0.15, 0.2) is 24.3 Å². The molecule has 0 heterocycles. The minimum atomic E-state index is -0.398. The normalized spacial score (nSPS) is 18.4. The second-order valence-corrected chi connectivity index (χ2v) is 4.41. The first-order valence-electron chi connectivity index (χ1n) is 5.20. The lowest BCUT2D eigenvalue weighted by molar-refractivity contribution is 0.613. The zero-order chi connectivity index (χ0) is 10.7. The van der Waals surface area contributed by atoms with Crippen LogP contribution in [0.3, 0.4) is 0 Å². The molecule has 0 atom stereocenters. The summed E-state index contributed by atoms with van der Waals surface area (Å²) in [7, 11) is 0. The number of nitrogens with one attached hydrogen (secondary N) is 1. The topological polar surface area (TPSA) is 35.8 Å². The largest absolute Gasteiger partial charge is 0.366 e. The lowest BCUT2D eigenvalue weighted by atomic mass is 9.99. The number of para-hydroxylation sites is 1. The molecule has 1 aliphatic rings. The summed E-state index contributed by atoms with van der Waals surface area (Å²) in [5.74, 6) is 0. The maximum Gasteiger partial charge on any atom is 0.125 e. The highest BCUT2D eigenvalue weighted by atomic mass is 35.5. The van der Waals surface area contributed by atoms with Crippen LogP contribution in [0.1, 0.15) is 25.7 Å². The first-order chi connectivity index (χ1) is 7.26. The Kier molecular flexibility index (Phi) is 2.83. The second-order valence-electron chi connectivity index (χ2n) is 4.01. The van der Waals surface area contributed by atoms with Crippen LogP contribution in [0.4, 0.5) is 5.69 Å². The predicted octanol–water partition coefficient (Wildman–Crippen LogP) is 3.59. The van der Waals surface area contributed by atoms with Crippen molar-refractivity contribution in [3.8, 4) is 6.07 Å². The fraction of sp³-hybridized carbons (Fsp3) is 0.417. The Morgan fingerprint density at radius 2 is 1.93 bits per heavy atom. The minimum absolute atomic E-state index is 0.398. The third-order valence-corrected chi connectivity index (χ3v) is 3.25. The van der Waals surface area contributed by atoms with Crippen LogP contribution in [0, 0.1) is 11.3 Å². The smallest absolute Gasteiger partial charge is 0.125 e. The molecule has 15 heavy (non-hydrogen) atoms. The van der Waals surface area contributed by atoms with Crippen molar-refractivity contribution >= 4 is 17.3 Å². The van der Waals surface area contributed by atoms with Gasteiger partial charge in [0, 0.05) is 0 Å². The average molecular weight is 221 g/mol. The number of rotatable bonds is 2. The molecule has 1 fully saturated rings. The molecule has 0 saturated heterocycles. The van der Waals surface area contributed by atoms with Gasteiger partial charge in [0.1, 0.15) is 5.54 Å². The molecule has 2 nitrogen and oxygen atoms in total. The minimum Gasteiger partial charge on any atom is -0.366 e. The molecule has 1 N–H and O–H groups in total. The maximum absolute atomic E-state index is 9.21. The van der Waals surface area contributed by atoms with E-state index in [4.69, 9.17) is 11.6 Å². The first kappa shape index (κ1) is 10.3. The first-order valence-corrected chi connectivity index (χ1v) is 5.58. The number of hydrogen-bond donors (Lipinski definition) is 1. The van der Waals surface area contributed by atoms with Gasteiger partial charge in [0.05, 0.1) is 16.8 Å². The maximum atomic E-state index is 9.21. The van der Waals surface area contributed by atoms with Crippen LogP contribution < -0.4 is 5.32 Å². The summed E-state index contributed by atoms with van der Waals surface area (Å²) in [5, 5.41) is 13.2. The van der Waals surface area contributed by atoms with E-state index in [1.807, 2.05) is 24.3 Å². The molecule has 2 rings (SSSR count). The van der Waals surface area contributed by atoms with Gasteiger partial charge < -0.3 is 5.32 Å². The molecule has 0 amide bonds. The molecule has 0 radical (unpaired) electrons. The van der Waals surface area contributed by atoms with Crippen LogP contribution in [0.25, 0.3) is 0 Å². The van der Waals surface area contributed by atoms with E-state index in [-0.39, 0.29) is 0 Å². The van der Waals surface area contributed by atoms with Crippen molar-refractivity contribution in [2.24, 2.45) is 0 Å². The molecule has 0 aliphatic heterocycles. The van der Waals surface area contributed by atoms with Crippen molar-refractivity contribution in [2.75, 3.05) is 5.32 Å². The van der Waals surface area contributed by atoms with Gasteiger partial charge >= 0.3 is 0 Å². The molecule has 3 heteroatoms. The van der Waals surface area contributed by atoms with Gasteiger partial charge in [0.2, 0.25) is 0 Å². The van der Waals surface area contributed by atoms with Crippen molar-refractivity contribution in [1.82, 2.24) is 0 Å². The van der Waals surface area contributed by atoms with Gasteiger partial charge in [-0.05, 0) is 37.8 Å². The number of anilines is 1. The van der Waals surface area contributed by atoms with Gasteiger partial charge in [-0.3, -0.25) is 0 Å². The van der Waals surface area contributed by atoms with Crippen LogP contribution >= 0.6 is 11.6 Å². The van der Waals surface area contributed by atoms with E-state index in [0.29, 0.717) is 5.02 Å². The van der Waals surface area contributed by atoms with Crippen molar-refractivity contribution < 1.29 is 0 Å². The van der Waals surface area contributed by atoms with Gasteiger partial charge in [0.25, 0.3) is 0 Å². The van der Waals surface area contributed by atoms with Crippen molar-refractivity contribution in [1.29, 1.82) is 5.26 Å². The molecule has 0 unspecified atom stereocenters. The average Bonchev–Trinajstić information content (AvgIpc) is 2.71. The lowest BCUT2D eigenvalue weighted by Gasteiger charge is -2.23. The Bertz CT molecular complexity index is 389. The Hall–Kier alpha value is -1.20. The zero-order valence-electron chi connectivity index (χ0n) is 8.46. The van der Waals surface area contributed by atoms with Crippen molar-refractivity contribution in [3.05, 3.63) is 29.3 Å². The Balaban J connectivity index is 2.21. The molecule has 1 saturated carbocycles. The van der Waals surface area contributed by atoms with Crippen LogP contribution in [0.2, 0.25) is 5.02 Å². The van der Waals surface area contributed by atoms with Gasteiger partial charge in [0.15, 0.2) is 0 Å². The quantitative estimate of drug-likeness (QED) is 0.827. The SMILES string of the molecule is N#CC1(Nc2ccccc2Cl)CCCC1. The van der Waals surface area contributed by atoms with Gasteiger partial charge in [-0.25, -0.2) is 0 Å². The molecule has 78 valence electrons. The van der Waals surface area contributed by atoms with Gasteiger partial charge in [-0.1, -0.05) is 23.7 Å². The van der Waals surface area contributed by atoms with Crippen LogP contribution in [-0.2, 0) is 0 Å². The molecule has 0 bridgehead atoms. The molecular formula is C12H13ClN2. The summed E-state index contributed by atoms with van der Waals surface area (Å²) >= 11 is 6.05. The molecule has 0 aromatic heterocycles. The van der Waals surface area contributed by atoms with E-state index in [2.05, 4.69) is 11.4 Å². The third kappa shape index (κ3) is 2.08. The number of hydrogen-bond acceptors (Lipinski definition) is 2. The predicted molar refractivity (Wildman–Crippen MR) is 61.9 cm³/mol. The van der Waals surface area contributed by atoms with E-state index in [1.54, 1.807) is 0 Å². The zero-order valence-corrected chi connectivity index (χ0v) is 9.22. The Morgan fingerprint density at radius 1 is 1.27 bits per heavy atom. The number of benzene rings is 1. The summed E-state index contributed by atoms with van der Waals surface area (Å²) in [5.41, 5.74) is 0.466. The van der Waals surface area contributed by atoms with E-state index >= 15 is 0 Å². The van der Waals surface area contributed by atoms with Gasteiger partial charge in [-0.15, -0.1) is 0 Å². The van der Waals surface area contributed by atoms with E-state index in [9.17, 15) is 5.26 Å². The summed E-state index contributed by atoms with van der Waals surface area (Å²) in [6.45, 7) is 0. The number of halogens is 1. The standard InChI is InChI=1S/C12H13ClN2/c13-10-5-1-2-6-11(10)15-12(9-14)7-3-4-8-12/h1-2,5-6,15H,3-4,7-8H2. The lowest BCUT2D eigenvalue weighted by Crippen LogP contribution is -2.33. The van der Waals surface area contributed by atoms with E-state index < -0.39 is 5.54 Å². The fourth-order valence-electron chi connectivity index (χ4n) is 2.06. The second kappa shape index (κ2) is 4.12.